The molecule has 3 rings (SSSR count). The maximum Gasteiger partial charge on any atom is 0.0642 e. The van der Waals surface area contributed by atoms with E-state index in [1.165, 1.54) is 36.9 Å². The molecule has 1 saturated heterocycles. The van der Waals surface area contributed by atoms with Gasteiger partial charge in [0.15, 0.2) is 0 Å². The van der Waals surface area contributed by atoms with E-state index in [0.717, 1.165) is 37.3 Å². The van der Waals surface area contributed by atoms with Crippen LogP contribution in [0.4, 0.5) is 5.69 Å². The summed E-state index contributed by atoms with van der Waals surface area (Å²) in [5, 5.41) is 4.41. The molecule has 0 aromatic heterocycles. The number of rotatable bonds is 6. The molecule has 1 heterocycles. The van der Waals surface area contributed by atoms with Gasteiger partial charge in [0.25, 0.3) is 0 Å². The summed E-state index contributed by atoms with van der Waals surface area (Å²) in [7, 11) is 1.79. The molecule has 1 aromatic carbocycles. The summed E-state index contributed by atoms with van der Waals surface area (Å²) >= 11 is 6.52. The lowest BCUT2D eigenvalue weighted by molar-refractivity contribution is 0.143. The molecular weight excluding hydrogens is 284 g/mol. The molecule has 116 valence electrons. The fourth-order valence-electron chi connectivity index (χ4n) is 3.12. The second kappa shape index (κ2) is 6.99. The molecule has 1 saturated carbocycles. The van der Waals surface area contributed by atoms with Gasteiger partial charge in [-0.25, -0.2) is 0 Å². The minimum absolute atomic E-state index is 0.621. The van der Waals surface area contributed by atoms with Crippen LogP contribution in [0.15, 0.2) is 18.2 Å². The average molecular weight is 309 g/mol. The van der Waals surface area contributed by atoms with Gasteiger partial charge < -0.3 is 15.0 Å². The van der Waals surface area contributed by atoms with Gasteiger partial charge in [0.05, 0.1) is 17.3 Å². The summed E-state index contributed by atoms with van der Waals surface area (Å²) in [5.74, 6) is 0.621. The first-order valence-electron chi connectivity index (χ1n) is 8.02. The van der Waals surface area contributed by atoms with Crippen molar-refractivity contribution in [3.63, 3.8) is 0 Å². The predicted molar refractivity (Wildman–Crippen MR) is 88.1 cm³/mol. The Morgan fingerprint density at radius 1 is 1.33 bits per heavy atom. The van der Waals surface area contributed by atoms with Crippen molar-refractivity contribution in [1.82, 2.24) is 5.32 Å². The highest BCUT2D eigenvalue weighted by atomic mass is 35.5. The Labute approximate surface area is 132 Å². The van der Waals surface area contributed by atoms with E-state index < -0.39 is 0 Å². The second-order valence-corrected chi connectivity index (χ2v) is 6.76. The maximum absolute atomic E-state index is 6.52. The normalized spacial score (nSPS) is 22.6. The predicted octanol–water partition coefficient (Wildman–Crippen LogP) is 3.45. The molecule has 1 aliphatic heterocycles. The summed E-state index contributed by atoms with van der Waals surface area (Å²) in [6.07, 6.45) is 5.11. The molecule has 0 spiro atoms. The third-order valence-corrected chi connectivity index (χ3v) is 4.75. The molecule has 21 heavy (non-hydrogen) atoms. The molecule has 3 nitrogen and oxygen atoms in total. The van der Waals surface area contributed by atoms with Crippen LogP contribution in [-0.4, -0.2) is 32.8 Å². The van der Waals surface area contributed by atoms with Crippen LogP contribution in [0.2, 0.25) is 5.02 Å². The molecule has 0 bridgehead atoms. The van der Waals surface area contributed by atoms with Gasteiger partial charge in [-0.05, 0) is 49.3 Å². The van der Waals surface area contributed by atoms with Crippen molar-refractivity contribution in [1.29, 1.82) is 0 Å². The van der Waals surface area contributed by atoms with E-state index in [-0.39, 0.29) is 0 Å². The zero-order valence-corrected chi connectivity index (χ0v) is 13.5. The van der Waals surface area contributed by atoms with E-state index in [0.29, 0.717) is 5.92 Å². The SMILES string of the molecule is COCC1CCCN(c2ccc(CNC3CC3)cc2Cl)C1. The van der Waals surface area contributed by atoms with Gasteiger partial charge in [-0.15, -0.1) is 0 Å². The van der Waals surface area contributed by atoms with Gasteiger partial charge in [-0.2, -0.15) is 0 Å². The van der Waals surface area contributed by atoms with Gasteiger partial charge in [0, 0.05) is 32.8 Å². The number of piperidine rings is 1. The molecule has 2 aliphatic rings. The van der Waals surface area contributed by atoms with Crippen LogP contribution in [0.1, 0.15) is 31.2 Å². The standard InChI is InChI=1S/C17H25ClN2O/c1-21-12-14-3-2-8-20(11-14)17-7-4-13(9-16(17)18)10-19-15-5-6-15/h4,7,9,14-15,19H,2-3,5-6,8,10-12H2,1H3. The lowest BCUT2D eigenvalue weighted by Gasteiger charge is -2.34. The average Bonchev–Trinajstić information content (AvgIpc) is 3.30. The lowest BCUT2D eigenvalue weighted by Crippen LogP contribution is -2.37. The smallest absolute Gasteiger partial charge is 0.0642 e. The molecule has 1 atom stereocenters. The van der Waals surface area contributed by atoms with E-state index in [1.54, 1.807) is 7.11 Å². The zero-order chi connectivity index (χ0) is 14.7. The molecule has 1 unspecified atom stereocenters. The number of hydrogen-bond acceptors (Lipinski definition) is 3. The number of ether oxygens (including phenoxy) is 1. The number of nitrogens with zero attached hydrogens (tertiary/aromatic N) is 1. The van der Waals surface area contributed by atoms with Gasteiger partial charge in [-0.3, -0.25) is 0 Å². The van der Waals surface area contributed by atoms with Gasteiger partial charge in [0.2, 0.25) is 0 Å². The van der Waals surface area contributed by atoms with E-state index in [4.69, 9.17) is 16.3 Å². The monoisotopic (exact) mass is 308 g/mol. The molecule has 0 radical (unpaired) electrons. The van der Waals surface area contributed by atoms with Crippen LogP contribution in [-0.2, 0) is 11.3 Å². The third kappa shape index (κ3) is 4.12. The first kappa shape index (κ1) is 15.1. The van der Waals surface area contributed by atoms with Gasteiger partial charge >= 0.3 is 0 Å². The van der Waals surface area contributed by atoms with E-state index in [1.807, 2.05) is 0 Å². The number of anilines is 1. The third-order valence-electron chi connectivity index (χ3n) is 4.45. The molecule has 4 heteroatoms. The van der Waals surface area contributed by atoms with Crippen molar-refractivity contribution < 1.29 is 4.74 Å². The van der Waals surface area contributed by atoms with Crippen molar-refractivity contribution in [2.24, 2.45) is 5.92 Å². The second-order valence-electron chi connectivity index (χ2n) is 6.35. The lowest BCUT2D eigenvalue weighted by atomic mass is 9.98. The van der Waals surface area contributed by atoms with Crippen molar-refractivity contribution >= 4 is 17.3 Å². The molecule has 1 N–H and O–H groups in total. The summed E-state index contributed by atoms with van der Waals surface area (Å²) in [4.78, 5) is 2.41. The highest BCUT2D eigenvalue weighted by molar-refractivity contribution is 6.33. The fraction of sp³-hybridized carbons (Fsp3) is 0.647. The van der Waals surface area contributed by atoms with E-state index in [9.17, 15) is 0 Å². The zero-order valence-electron chi connectivity index (χ0n) is 12.8. The summed E-state index contributed by atoms with van der Waals surface area (Å²) in [6, 6.07) is 7.24. The van der Waals surface area contributed by atoms with Crippen LogP contribution in [0.25, 0.3) is 0 Å². The Morgan fingerprint density at radius 2 is 2.19 bits per heavy atom. The number of methoxy groups -OCH3 is 1. The minimum atomic E-state index is 0.621. The van der Waals surface area contributed by atoms with Gasteiger partial charge in [0.1, 0.15) is 0 Å². The quantitative estimate of drug-likeness (QED) is 0.871. The largest absolute Gasteiger partial charge is 0.384 e. The highest BCUT2D eigenvalue weighted by Crippen LogP contribution is 2.31. The number of hydrogen-bond donors (Lipinski definition) is 1. The van der Waals surface area contributed by atoms with Crippen LogP contribution < -0.4 is 10.2 Å². The van der Waals surface area contributed by atoms with Crippen molar-refractivity contribution in [3.8, 4) is 0 Å². The molecule has 0 amide bonds. The first-order valence-corrected chi connectivity index (χ1v) is 8.39. The Morgan fingerprint density at radius 3 is 2.90 bits per heavy atom. The molecule has 2 fully saturated rings. The van der Waals surface area contributed by atoms with Crippen LogP contribution in [0.3, 0.4) is 0 Å². The van der Waals surface area contributed by atoms with E-state index >= 15 is 0 Å². The van der Waals surface area contributed by atoms with Gasteiger partial charge in [-0.1, -0.05) is 17.7 Å². The summed E-state index contributed by atoms with van der Waals surface area (Å²) in [5.41, 5.74) is 2.45. The number of benzene rings is 1. The highest BCUT2D eigenvalue weighted by Gasteiger charge is 2.22. The molecule has 1 aliphatic carbocycles. The number of nitrogens with one attached hydrogen (secondary N) is 1. The molecular formula is C17H25ClN2O. The topological polar surface area (TPSA) is 24.5 Å². The van der Waals surface area contributed by atoms with Crippen LogP contribution >= 0.6 is 11.6 Å². The summed E-state index contributed by atoms with van der Waals surface area (Å²) in [6.45, 7) is 3.92. The Kier molecular flexibility index (Phi) is 5.04. The Balaban J connectivity index is 1.63. The Bertz CT molecular complexity index is 474. The van der Waals surface area contributed by atoms with Crippen molar-refractivity contribution in [2.75, 3.05) is 31.7 Å². The van der Waals surface area contributed by atoms with Crippen molar-refractivity contribution in [2.45, 2.75) is 38.3 Å². The Hall–Kier alpha value is -0.770. The maximum atomic E-state index is 6.52. The first-order chi connectivity index (χ1) is 10.3. The van der Waals surface area contributed by atoms with Crippen LogP contribution in [0.5, 0.6) is 0 Å². The van der Waals surface area contributed by atoms with Crippen LogP contribution in [0, 0.1) is 5.92 Å². The van der Waals surface area contributed by atoms with E-state index in [2.05, 4.69) is 28.4 Å². The fourth-order valence-corrected chi connectivity index (χ4v) is 3.44. The summed E-state index contributed by atoms with van der Waals surface area (Å²) < 4.78 is 5.31. The molecule has 1 aromatic rings. The van der Waals surface area contributed by atoms with Crippen molar-refractivity contribution in [3.05, 3.63) is 28.8 Å². The minimum Gasteiger partial charge on any atom is -0.384 e. The number of halogens is 1.